The first-order valence-electron chi connectivity index (χ1n) is 8.91. The summed E-state index contributed by atoms with van der Waals surface area (Å²) in [6, 6.07) is 3.82. The number of carbonyl (C=O) groups excluding carboxylic acids is 1. The minimum Gasteiger partial charge on any atom is -0.493 e. The molecule has 1 saturated heterocycles. The first-order chi connectivity index (χ1) is 12.1. The van der Waals surface area contributed by atoms with Gasteiger partial charge >= 0.3 is 0 Å². The number of ether oxygens (including phenoxy) is 3. The zero-order valence-electron chi connectivity index (χ0n) is 15.3. The number of methoxy groups -OCH3 is 3. The molecular formula is C19H28N2O4. The Kier molecular flexibility index (Phi) is 5.37. The van der Waals surface area contributed by atoms with Crippen LogP contribution in [0.5, 0.6) is 17.2 Å². The van der Waals surface area contributed by atoms with Crippen LogP contribution in [0.2, 0.25) is 0 Å². The third kappa shape index (κ3) is 3.54. The molecule has 2 aliphatic rings. The van der Waals surface area contributed by atoms with E-state index in [4.69, 9.17) is 14.2 Å². The topological polar surface area (TPSA) is 68.8 Å². The fourth-order valence-corrected chi connectivity index (χ4v) is 4.00. The summed E-state index contributed by atoms with van der Waals surface area (Å²) >= 11 is 0. The van der Waals surface area contributed by atoms with Crippen LogP contribution in [0.1, 0.15) is 24.8 Å². The predicted octanol–water partition coefficient (Wildman–Crippen LogP) is 1.76. The second kappa shape index (κ2) is 7.52. The number of benzene rings is 1. The highest BCUT2D eigenvalue weighted by molar-refractivity contribution is 5.82. The summed E-state index contributed by atoms with van der Waals surface area (Å²) in [4.78, 5) is 12.4. The molecule has 2 N–H and O–H groups in total. The maximum absolute atomic E-state index is 12.4. The van der Waals surface area contributed by atoms with E-state index in [9.17, 15) is 4.79 Å². The van der Waals surface area contributed by atoms with E-state index in [2.05, 4.69) is 10.6 Å². The van der Waals surface area contributed by atoms with Crippen molar-refractivity contribution >= 4 is 5.91 Å². The fraction of sp³-hybridized carbons (Fsp3) is 0.632. The van der Waals surface area contributed by atoms with Crippen LogP contribution >= 0.6 is 0 Å². The molecular weight excluding hydrogens is 320 g/mol. The van der Waals surface area contributed by atoms with E-state index in [0.717, 1.165) is 37.9 Å². The summed E-state index contributed by atoms with van der Waals surface area (Å²) < 4.78 is 16.2. The SMILES string of the molecule is COc1ccc(CCNC(=O)C2CC23CCNCC3)c(OC)c1OC. The van der Waals surface area contributed by atoms with Crippen molar-refractivity contribution in [3.63, 3.8) is 0 Å². The molecule has 1 atom stereocenters. The lowest BCUT2D eigenvalue weighted by Crippen LogP contribution is -2.34. The second-order valence-corrected chi connectivity index (χ2v) is 6.90. The lowest BCUT2D eigenvalue weighted by Gasteiger charge is -2.23. The van der Waals surface area contributed by atoms with Gasteiger partial charge in [-0.05, 0) is 50.3 Å². The number of piperidine rings is 1. The fourth-order valence-electron chi connectivity index (χ4n) is 4.00. The van der Waals surface area contributed by atoms with Crippen LogP contribution in [0, 0.1) is 11.3 Å². The Morgan fingerprint density at radius 3 is 2.52 bits per heavy atom. The Morgan fingerprint density at radius 1 is 1.16 bits per heavy atom. The molecule has 3 rings (SSSR count). The minimum absolute atomic E-state index is 0.196. The Labute approximate surface area is 149 Å². The average molecular weight is 348 g/mol. The Bertz CT molecular complexity index is 626. The van der Waals surface area contributed by atoms with Gasteiger partial charge in [0, 0.05) is 18.0 Å². The molecule has 1 saturated carbocycles. The maximum atomic E-state index is 12.4. The summed E-state index contributed by atoms with van der Waals surface area (Å²) in [5, 5.41) is 6.46. The van der Waals surface area contributed by atoms with E-state index in [1.165, 1.54) is 0 Å². The van der Waals surface area contributed by atoms with Crippen molar-refractivity contribution in [2.45, 2.75) is 25.7 Å². The van der Waals surface area contributed by atoms with Gasteiger partial charge in [-0.2, -0.15) is 0 Å². The highest BCUT2D eigenvalue weighted by atomic mass is 16.5. The van der Waals surface area contributed by atoms with Gasteiger partial charge in [0.25, 0.3) is 0 Å². The molecule has 0 bridgehead atoms. The van der Waals surface area contributed by atoms with Gasteiger partial charge in [-0.25, -0.2) is 0 Å². The number of nitrogens with one attached hydrogen (secondary N) is 2. The highest BCUT2D eigenvalue weighted by Crippen LogP contribution is 2.58. The molecule has 138 valence electrons. The summed E-state index contributed by atoms with van der Waals surface area (Å²) in [7, 11) is 4.81. The maximum Gasteiger partial charge on any atom is 0.223 e. The van der Waals surface area contributed by atoms with Gasteiger partial charge in [0.15, 0.2) is 11.5 Å². The number of carbonyl (C=O) groups is 1. The molecule has 0 radical (unpaired) electrons. The molecule has 1 spiro atoms. The van der Waals surface area contributed by atoms with E-state index in [1.54, 1.807) is 21.3 Å². The molecule has 25 heavy (non-hydrogen) atoms. The molecule has 1 aliphatic carbocycles. The summed E-state index contributed by atoms with van der Waals surface area (Å²) in [6.45, 7) is 2.66. The molecule has 1 heterocycles. The van der Waals surface area contributed by atoms with Gasteiger partial charge in [-0.1, -0.05) is 6.07 Å². The molecule has 1 aromatic rings. The van der Waals surface area contributed by atoms with Crippen molar-refractivity contribution in [1.29, 1.82) is 0 Å². The first-order valence-corrected chi connectivity index (χ1v) is 8.91. The Balaban J connectivity index is 1.56. The quantitative estimate of drug-likeness (QED) is 0.786. The lowest BCUT2D eigenvalue weighted by molar-refractivity contribution is -0.123. The smallest absolute Gasteiger partial charge is 0.223 e. The van der Waals surface area contributed by atoms with Gasteiger partial charge in [-0.15, -0.1) is 0 Å². The van der Waals surface area contributed by atoms with Gasteiger partial charge in [0.1, 0.15) is 0 Å². The third-order valence-electron chi connectivity index (χ3n) is 5.58. The van der Waals surface area contributed by atoms with Crippen LogP contribution in [0.25, 0.3) is 0 Å². The predicted molar refractivity (Wildman–Crippen MR) is 95.5 cm³/mol. The van der Waals surface area contributed by atoms with E-state index in [0.29, 0.717) is 30.2 Å². The van der Waals surface area contributed by atoms with E-state index >= 15 is 0 Å². The molecule has 6 heteroatoms. The van der Waals surface area contributed by atoms with E-state index < -0.39 is 0 Å². The Morgan fingerprint density at radius 2 is 1.88 bits per heavy atom. The summed E-state index contributed by atoms with van der Waals surface area (Å²) in [6.07, 6.45) is 3.97. The van der Waals surface area contributed by atoms with Crippen molar-refractivity contribution in [3.05, 3.63) is 17.7 Å². The van der Waals surface area contributed by atoms with Crippen LogP contribution in [-0.4, -0.2) is 46.9 Å². The van der Waals surface area contributed by atoms with Crippen LogP contribution < -0.4 is 24.8 Å². The first kappa shape index (κ1) is 17.9. The molecule has 1 aliphatic heterocycles. The van der Waals surface area contributed by atoms with Gasteiger partial charge in [-0.3, -0.25) is 4.79 Å². The van der Waals surface area contributed by atoms with Crippen molar-refractivity contribution in [2.24, 2.45) is 11.3 Å². The average Bonchev–Trinajstić information content (AvgIpc) is 3.34. The van der Waals surface area contributed by atoms with E-state index in [1.807, 2.05) is 12.1 Å². The lowest BCUT2D eigenvalue weighted by atomic mass is 9.92. The number of amides is 1. The van der Waals surface area contributed by atoms with Crippen LogP contribution in [0.15, 0.2) is 12.1 Å². The number of hydrogen-bond acceptors (Lipinski definition) is 5. The molecule has 1 unspecified atom stereocenters. The zero-order valence-corrected chi connectivity index (χ0v) is 15.3. The molecule has 1 aromatic carbocycles. The van der Waals surface area contributed by atoms with Crippen molar-refractivity contribution in [3.8, 4) is 17.2 Å². The summed E-state index contributed by atoms with van der Waals surface area (Å²) in [5.41, 5.74) is 1.27. The van der Waals surface area contributed by atoms with Crippen LogP contribution in [-0.2, 0) is 11.2 Å². The monoisotopic (exact) mass is 348 g/mol. The number of rotatable bonds is 7. The third-order valence-corrected chi connectivity index (χ3v) is 5.58. The minimum atomic E-state index is 0.196. The Hall–Kier alpha value is -1.95. The number of hydrogen-bond donors (Lipinski definition) is 2. The second-order valence-electron chi connectivity index (χ2n) is 6.90. The zero-order chi connectivity index (χ0) is 17.9. The highest BCUT2D eigenvalue weighted by Gasteiger charge is 2.57. The standard InChI is InChI=1S/C19H28N2O4/c1-23-15-5-4-13(16(24-2)17(15)25-3)6-9-21-18(22)14-12-19(14)7-10-20-11-8-19/h4-5,14,20H,6-12H2,1-3H3,(H,21,22). The van der Waals surface area contributed by atoms with Crippen LogP contribution in [0.4, 0.5) is 0 Å². The van der Waals surface area contributed by atoms with Gasteiger partial charge in [0.2, 0.25) is 11.7 Å². The largest absolute Gasteiger partial charge is 0.493 e. The van der Waals surface area contributed by atoms with Crippen molar-refractivity contribution in [2.75, 3.05) is 41.0 Å². The summed E-state index contributed by atoms with van der Waals surface area (Å²) in [5.74, 6) is 2.28. The normalized spacial score (nSPS) is 20.8. The molecule has 0 aromatic heterocycles. The van der Waals surface area contributed by atoms with Gasteiger partial charge in [0.05, 0.1) is 21.3 Å². The van der Waals surface area contributed by atoms with Crippen molar-refractivity contribution in [1.82, 2.24) is 10.6 Å². The van der Waals surface area contributed by atoms with Crippen molar-refractivity contribution < 1.29 is 19.0 Å². The van der Waals surface area contributed by atoms with E-state index in [-0.39, 0.29) is 17.2 Å². The molecule has 1 amide bonds. The van der Waals surface area contributed by atoms with Crippen LogP contribution in [0.3, 0.4) is 0 Å². The molecule has 6 nitrogen and oxygen atoms in total. The van der Waals surface area contributed by atoms with Gasteiger partial charge < -0.3 is 24.8 Å². The molecule has 2 fully saturated rings.